The molecule has 0 fully saturated rings. The summed E-state index contributed by atoms with van der Waals surface area (Å²) in [6.07, 6.45) is 6.10. The van der Waals surface area contributed by atoms with Gasteiger partial charge in [0, 0.05) is 0 Å². The van der Waals surface area contributed by atoms with Crippen LogP contribution in [0.4, 0.5) is 4.39 Å². The maximum Gasteiger partial charge on any atom is 0.142 e. The van der Waals surface area contributed by atoms with E-state index in [1.807, 2.05) is 6.07 Å². The average Bonchev–Trinajstić information content (AvgIpc) is 2.24. The molecule has 1 aromatic rings. The maximum absolute atomic E-state index is 13.2. The van der Waals surface area contributed by atoms with Crippen LogP contribution in [0.5, 0.6) is 0 Å². The Morgan fingerprint density at radius 2 is 2.19 bits per heavy atom. The quantitative estimate of drug-likeness (QED) is 0.531. The van der Waals surface area contributed by atoms with Gasteiger partial charge in [0.1, 0.15) is 5.82 Å². The van der Waals surface area contributed by atoms with Gasteiger partial charge in [-0.3, -0.25) is 0 Å². The molecule has 3 heteroatoms. The molecule has 1 aliphatic rings. The molecule has 86 valence electrons. The highest BCUT2D eigenvalue weighted by molar-refractivity contribution is 6.30. The second-order valence-electron chi connectivity index (χ2n) is 4.16. The molecule has 0 nitrogen and oxygen atoms in total. The number of hydrogen-bond donors (Lipinski definition) is 0. The number of allylic oxidation sites excluding steroid dienone is 2. The van der Waals surface area contributed by atoms with E-state index in [0.717, 1.165) is 31.2 Å². The van der Waals surface area contributed by atoms with Gasteiger partial charge in [-0.05, 0) is 43.4 Å². The van der Waals surface area contributed by atoms with Crippen LogP contribution in [0.15, 0.2) is 29.8 Å². The molecule has 1 unspecified atom stereocenters. The second kappa shape index (κ2) is 5.20. The van der Waals surface area contributed by atoms with Crippen LogP contribution < -0.4 is 0 Å². The van der Waals surface area contributed by atoms with Crippen molar-refractivity contribution in [3.8, 4) is 0 Å². The summed E-state index contributed by atoms with van der Waals surface area (Å²) in [5.41, 5.74) is 2.26. The molecular formula is C13H13Cl2F. The van der Waals surface area contributed by atoms with Gasteiger partial charge < -0.3 is 0 Å². The van der Waals surface area contributed by atoms with Crippen molar-refractivity contribution in [1.29, 1.82) is 0 Å². The zero-order chi connectivity index (χ0) is 11.5. The molecule has 0 radical (unpaired) electrons. The van der Waals surface area contributed by atoms with Gasteiger partial charge in [-0.2, -0.15) is 0 Å². The monoisotopic (exact) mass is 258 g/mol. The Labute approximate surface area is 105 Å². The van der Waals surface area contributed by atoms with Crippen LogP contribution in [0.25, 0.3) is 0 Å². The molecule has 0 bridgehead atoms. The third kappa shape index (κ3) is 2.99. The van der Waals surface area contributed by atoms with Crippen LogP contribution in [-0.4, -0.2) is 5.38 Å². The van der Waals surface area contributed by atoms with Gasteiger partial charge in [0.05, 0.1) is 10.4 Å². The van der Waals surface area contributed by atoms with Crippen LogP contribution in [0.3, 0.4) is 0 Å². The van der Waals surface area contributed by atoms with Crippen molar-refractivity contribution < 1.29 is 4.39 Å². The van der Waals surface area contributed by atoms with E-state index >= 15 is 0 Å². The van der Waals surface area contributed by atoms with Crippen molar-refractivity contribution in [2.45, 2.75) is 31.1 Å². The van der Waals surface area contributed by atoms with Crippen molar-refractivity contribution in [3.05, 3.63) is 46.3 Å². The van der Waals surface area contributed by atoms with Crippen molar-refractivity contribution in [1.82, 2.24) is 0 Å². The summed E-state index contributed by atoms with van der Waals surface area (Å²) in [6.45, 7) is 0. The van der Waals surface area contributed by atoms with Crippen molar-refractivity contribution in [2.24, 2.45) is 0 Å². The van der Waals surface area contributed by atoms with Crippen LogP contribution in [0.2, 0.25) is 5.02 Å². The molecule has 0 amide bonds. The molecule has 0 N–H and O–H groups in total. The molecule has 2 rings (SSSR count). The normalized spacial score (nSPS) is 20.7. The topological polar surface area (TPSA) is 0 Å². The van der Waals surface area contributed by atoms with E-state index < -0.39 is 0 Å². The molecule has 0 saturated carbocycles. The zero-order valence-corrected chi connectivity index (χ0v) is 10.4. The lowest BCUT2D eigenvalue weighted by Crippen LogP contribution is -2.05. The van der Waals surface area contributed by atoms with Gasteiger partial charge in [-0.15, -0.1) is 11.6 Å². The van der Waals surface area contributed by atoms with Gasteiger partial charge in [0.15, 0.2) is 0 Å². The first kappa shape index (κ1) is 11.9. The summed E-state index contributed by atoms with van der Waals surface area (Å²) in [6, 6.07) is 4.97. The van der Waals surface area contributed by atoms with Gasteiger partial charge in [0.25, 0.3) is 0 Å². The largest absolute Gasteiger partial charge is 0.205 e. The molecule has 0 aromatic heterocycles. The molecule has 1 atom stereocenters. The summed E-state index contributed by atoms with van der Waals surface area (Å²) in [7, 11) is 0. The van der Waals surface area contributed by atoms with Crippen LogP contribution in [-0.2, 0) is 6.42 Å². The highest BCUT2D eigenvalue weighted by Crippen LogP contribution is 2.25. The average molecular weight is 259 g/mol. The first-order chi connectivity index (χ1) is 7.65. The van der Waals surface area contributed by atoms with Crippen LogP contribution in [0, 0.1) is 5.82 Å². The minimum Gasteiger partial charge on any atom is -0.205 e. The molecule has 16 heavy (non-hydrogen) atoms. The van der Waals surface area contributed by atoms with Crippen molar-refractivity contribution in [2.75, 3.05) is 0 Å². The van der Waals surface area contributed by atoms with E-state index in [4.69, 9.17) is 23.2 Å². The third-order valence-corrected chi connectivity index (χ3v) is 3.46. The van der Waals surface area contributed by atoms with Crippen LogP contribution in [0.1, 0.15) is 24.8 Å². The Balaban J connectivity index is 2.11. The van der Waals surface area contributed by atoms with Gasteiger partial charge in [-0.25, -0.2) is 4.39 Å². The first-order valence-electron chi connectivity index (χ1n) is 5.43. The van der Waals surface area contributed by atoms with Crippen molar-refractivity contribution in [3.63, 3.8) is 0 Å². The Hall–Kier alpha value is -0.530. The van der Waals surface area contributed by atoms with E-state index in [9.17, 15) is 4.39 Å². The Bertz CT molecular complexity index is 412. The standard InChI is InChI=1S/C13H13Cl2F/c14-11-3-1-2-9(7-11)6-10-4-5-12(15)13(16)8-10/h4-5,7-8,11H,1-3,6H2. The third-order valence-electron chi connectivity index (χ3n) is 2.81. The Morgan fingerprint density at radius 1 is 1.38 bits per heavy atom. The second-order valence-corrected chi connectivity index (χ2v) is 5.13. The lowest BCUT2D eigenvalue weighted by molar-refractivity contribution is 0.625. The van der Waals surface area contributed by atoms with E-state index in [-0.39, 0.29) is 16.2 Å². The fraction of sp³-hybridized carbons (Fsp3) is 0.385. The van der Waals surface area contributed by atoms with Gasteiger partial charge in [0.2, 0.25) is 0 Å². The maximum atomic E-state index is 13.2. The predicted octanol–water partition coefficient (Wildman–Crippen LogP) is 4.74. The minimum absolute atomic E-state index is 0.140. The predicted molar refractivity (Wildman–Crippen MR) is 66.7 cm³/mol. The lowest BCUT2D eigenvalue weighted by atomic mass is 9.94. The molecular weight excluding hydrogens is 246 g/mol. The zero-order valence-electron chi connectivity index (χ0n) is 8.85. The summed E-state index contributed by atoms with van der Waals surface area (Å²) in [5.74, 6) is -0.349. The van der Waals surface area contributed by atoms with Gasteiger partial charge in [-0.1, -0.05) is 29.3 Å². The smallest absolute Gasteiger partial charge is 0.142 e. The van der Waals surface area contributed by atoms with Crippen LogP contribution >= 0.6 is 23.2 Å². The minimum atomic E-state index is -0.349. The SMILES string of the molecule is Fc1cc(CC2=CC(Cl)CCC2)ccc1Cl. The summed E-state index contributed by atoms with van der Waals surface area (Å²) >= 11 is 11.7. The lowest BCUT2D eigenvalue weighted by Gasteiger charge is -2.16. The number of alkyl halides is 1. The van der Waals surface area contributed by atoms with Gasteiger partial charge >= 0.3 is 0 Å². The highest BCUT2D eigenvalue weighted by Gasteiger charge is 2.11. The van der Waals surface area contributed by atoms with E-state index in [1.54, 1.807) is 6.07 Å². The number of hydrogen-bond acceptors (Lipinski definition) is 0. The summed E-state index contributed by atoms with van der Waals surface area (Å²) in [5, 5.41) is 0.317. The number of halogens is 3. The fourth-order valence-electron chi connectivity index (χ4n) is 2.01. The highest BCUT2D eigenvalue weighted by atomic mass is 35.5. The molecule has 0 saturated heterocycles. The molecule has 1 aliphatic carbocycles. The van der Waals surface area contributed by atoms with E-state index in [2.05, 4.69) is 6.08 Å². The number of benzene rings is 1. The number of rotatable bonds is 2. The van der Waals surface area contributed by atoms with E-state index in [1.165, 1.54) is 11.6 Å². The Morgan fingerprint density at radius 3 is 2.88 bits per heavy atom. The fourth-order valence-corrected chi connectivity index (χ4v) is 2.46. The summed E-state index contributed by atoms with van der Waals surface area (Å²) in [4.78, 5) is 0. The van der Waals surface area contributed by atoms with E-state index in [0.29, 0.717) is 0 Å². The molecule has 0 heterocycles. The first-order valence-corrected chi connectivity index (χ1v) is 6.24. The van der Waals surface area contributed by atoms with Crippen molar-refractivity contribution >= 4 is 23.2 Å². The molecule has 1 aromatic carbocycles. The molecule has 0 aliphatic heterocycles. The molecule has 0 spiro atoms. The Kier molecular flexibility index (Phi) is 3.88. The summed E-state index contributed by atoms with van der Waals surface area (Å²) < 4.78 is 13.2.